The Labute approximate surface area is 130 Å². The van der Waals surface area contributed by atoms with Crippen molar-refractivity contribution in [2.45, 2.75) is 25.7 Å². The number of thiocarbonyl (C=S) groups is 1. The summed E-state index contributed by atoms with van der Waals surface area (Å²) in [5, 5.41) is 3.35. The normalized spacial score (nSPS) is 17.4. The van der Waals surface area contributed by atoms with Crippen LogP contribution in [0.5, 0.6) is 0 Å². The van der Waals surface area contributed by atoms with Gasteiger partial charge in [-0.2, -0.15) is 0 Å². The van der Waals surface area contributed by atoms with E-state index < -0.39 is 0 Å². The van der Waals surface area contributed by atoms with Crippen LogP contribution in [0.1, 0.15) is 36.0 Å². The maximum Gasteiger partial charge on any atom is 0.257 e. The molecule has 0 bridgehead atoms. The van der Waals surface area contributed by atoms with Crippen LogP contribution in [-0.4, -0.2) is 22.5 Å². The molecule has 3 nitrogen and oxygen atoms in total. The van der Waals surface area contributed by atoms with Crippen LogP contribution in [0.15, 0.2) is 53.8 Å². The maximum absolute atomic E-state index is 12.2. The Balaban J connectivity index is 1.73. The second-order valence-corrected chi connectivity index (χ2v) is 5.70. The number of amides is 1. The van der Waals surface area contributed by atoms with Gasteiger partial charge in [-0.05, 0) is 61.7 Å². The number of hydrogen-bond donors (Lipinski definition) is 1. The lowest BCUT2D eigenvalue weighted by Gasteiger charge is -2.34. The van der Waals surface area contributed by atoms with Gasteiger partial charge in [0.15, 0.2) is 5.11 Å². The number of nitrogens with zero attached hydrogens (tertiary/aromatic N) is 1. The molecule has 1 N–H and O–H groups in total. The molecule has 0 saturated heterocycles. The molecule has 4 heteroatoms. The molecule has 21 heavy (non-hydrogen) atoms. The van der Waals surface area contributed by atoms with E-state index in [1.54, 1.807) is 12.1 Å². The van der Waals surface area contributed by atoms with Gasteiger partial charge >= 0.3 is 0 Å². The average molecular weight is 298 g/mol. The molecule has 0 radical (unpaired) electrons. The highest BCUT2D eigenvalue weighted by Crippen LogP contribution is 2.30. The van der Waals surface area contributed by atoms with E-state index in [4.69, 9.17) is 12.2 Å². The summed E-state index contributed by atoms with van der Waals surface area (Å²) in [6.45, 7) is 0.872. The lowest BCUT2D eigenvalue weighted by molar-refractivity contribution is 0.0974. The molecule has 0 spiro atoms. The summed E-state index contributed by atoms with van der Waals surface area (Å²) < 4.78 is 0. The molecule has 1 aliphatic heterocycles. The van der Waals surface area contributed by atoms with Crippen LogP contribution in [0, 0.1) is 0 Å². The van der Waals surface area contributed by atoms with Crippen molar-refractivity contribution < 1.29 is 4.79 Å². The van der Waals surface area contributed by atoms with E-state index in [2.05, 4.69) is 22.4 Å². The minimum atomic E-state index is -0.145. The smallest absolute Gasteiger partial charge is 0.257 e. The second kappa shape index (κ2) is 6.22. The van der Waals surface area contributed by atoms with E-state index in [1.807, 2.05) is 18.2 Å². The van der Waals surface area contributed by atoms with E-state index in [9.17, 15) is 4.79 Å². The molecule has 0 atom stereocenters. The quantitative estimate of drug-likeness (QED) is 0.807. The third-order valence-electron chi connectivity index (χ3n) is 3.90. The standard InChI is InChI=1S/C17H18N2OS/c20-16(14-8-2-1-3-9-14)18-17(21)19-12-6-10-13-7-4-5-11-15(13)19/h1-3,5,8-9,11H,4,6-7,10,12H2,(H,18,20,21). The molecule has 1 amide bonds. The summed E-state index contributed by atoms with van der Waals surface area (Å²) in [5.74, 6) is -0.145. The van der Waals surface area contributed by atoms with Crippen LogP contribution < -0.4 is 5.32 Å². The first-order chi connectivity index (χ1) is 10.3. The van der Waals surface area contributed by atoms with Gasteiger partial charge in [0.1, 0.15) is 0 Å². The fourth-order valence-electron chi connectivity index (χ4n) is 2.84. The Hall–Kier alpha value is -1.94. The molecule has 0 aromatic heterocycles. The number of carbonyl (C=O) groups is 1. The zero-order valence-electron chi connectivity index (χ0n) is 11.8. The molecule has 0 unspecified atom stereocenters. The molecule has 2 aliphatic rings. The Bertz CT molecular complexity index is 619. The first-order valence-corrected chi connectivity index (χ1v) is 7.73. The minimum absolute atomic E-state index is 0.145. The van der Waals surface area contributed by atoms with Crippen LogP contribution in [-0.2, 0) is 0 Å². The monoisotopic (exact) mass is 298 g/mol. The predicted octanol–water partition coefficient (Wildman–Crippen LogP) is 3.40. The molecular weight excluding hydrogens is 280 g/mol. The SMILES string of the molecule is O=C(NC(=S)N1CCCC2=C1C=CCC2)c1ccccc1. The maximum atomic E-state index is 12.2. The fraction of sp³-hybridized carbons (Fsp3) is 0.294. The van der Waals surface area contributed by atoms with Crippen molar-refractivity contribution in [3.63, 3.8) is 0 Å². The molecule has 1 heterocycles. The van der Waals surface area contributed by atoms with Crippen molar-refractivity contribution in [1.29, 1.82) is 0 Å². The van der Waals surface area contributed by atoms with E-state index in [0.717, 1.165) is 32.2 Å². The summed E-state index contributed by atoms with van der Waals surface area (Å²) in [5.41, 5.74) is 3.27. The van der Waals surface area contributed by atoms with E-state index in [1.165, 1.54) is 11.3 Å². The van der Waals surface area contributed by atoms with Crippen molar-refractivity contribution in [3.8, 4) is 0 Å². The van der Waals surface area contributed by atoms with E-state index >= 15 is 0 Å². The van der Waals surface area contributed by atoms with Gasteiger partial charge in [0, 0.05) is 17.8 Å². The van der Waals surface area contributed by atoms with Gasteiger partial charge in [0.05, 0.1) is 0 Å². The third kappa shape index (κ3) is 3.05. The van der Waals surface area contributed by atoms with Crippen LogP contribution in [0.3, 0.4) is 0 Å². The van der Waals surface area contributed by atoms with Crippen LogP contribution in [0.4, 0.5) is 0 Å². The first-order valence-electron chi connectivity index (χ1n) is 7.32. The number of allylic oxidation sites excluding steroid dienone is 3. The molecule has 1 aromatic rings. The van der Waals surface area contributed by atoms with Crippen LogP contribution in [0.25, 0.3) is 0 Å². The number of rotatable bonds is 1. The van der Waals surface area contributed by atoms with Crippen molar-refractivity contribution in [2.24, 2.45) is 0 Å². The lowest BCUT2D eigenvalue weighted by atomic mass is 9.94. The van der Waals surface area contributed by atoms with Gasteiger partial charge < -0.3 is 4.90 Å². The van der Waals surface area contributed by atoms with E-state index in [-0.39, 0.29) is 5.91 Å². The van der Waals surface area contributed by atoms with Gasteiger partial charge in [0.25, 0.3) is 5.91 Å². The molecule has 1 aromatic carbocycles. The van der Waals surface area contributed by atoms with Crippen molar-refractivity contribution >= 4 is 23.2 Å². The zero-order valence-corrected chi connectivity index (χ0v) is 12.7. The Morgan fingerprint density at radius 2 is 2.00 bits per heavy atom. The lowest BCUT2D eigenvalue weighted by Crippen LogP contribution is -2.44. The van der Waals surface area contributed by atoms with Gasteiger partial charge in [-0.15, -0.1) is 0 Å². The number of hydrogen-bond acceptors (Lipinski definition) is 2. The second-order valence-electron chi connectivity index (χ2n) is 5.31. The highest BCUT2D eigenvalue weighted by Gasteiger charge is 2.23. The summed E-state index contributed by atoms with van der Waals surface area (Å²) in [7, 11) is 0. The molecule has 108 valence electrons. The molecule has 3 rings (SSSR count). The summed E-state index contributed by atoms with van der Waals surface area (Å²) in [4.78, 5) is 14.3. The Morgan fingerprint density at radius 3 is 2.81 bits per heavy atom. The fourth-order valence-corrected chi connectivity index (χ4v) is 3.12. The summed E-state index contributed by atoms with van der Waals surface area (Å²) in [6.07, 6.45) is 8.77. The van der Waals surface area contributed by atoms with Crippen molar-refractivity contribution in [3.05, 3.63) is 59.3 Å². The van der Waals surface area contributed by atoms with Gasteiger partial charge in [-0.3, -0.25) is 10.1 Å². The van der Waals surface area contributed by atoms with Gasteiger partial charge in [-0.1, -0.05) is 24.3 Å². The molecule has 0 fully saturated rings. The highest BCUT2D eigenvalue weighted by atomic mass is 32.1. The Morgan fingerprint density at radius 1 is 1.19 bits per heavy atom. The van der Waals surface area contributed by atoms with Crippen molar-refractivity contribution in [2.75, 3.05) is 6.54 Å². The topological polar surface area (TPSA) is 32.3 Å². The average Bonchev–Trinajstić information content (AvgIpc) is 2.55. The zero-order chi connectivity index (χ0) is 14.7. The summed E-state index contributed by atoms with van der Waals surface area (Å²) in [6, 6.07) is 9.18. The molecule has 0 saturated carbocycles. The first kappa shape index (κ1) is 14.0. The van der Waals surface area contributed by atoms with Crippen LogP contribution >= 0.6 is 12.2 Å². The minimum Gasteiger partial charge on any atom is -0.319 e. The van der Waals surface area contributed by atoms with Crippen molar-refractivity contribution in [1.82, 2.24) is 10.2 Å². The largest absolute Gasteiger partial charge is 0.319 e. The highest BCUT2D eigenvalue weighted by molar-refractivity contribution is 7.80. The van der Waals surface area contributed by atoms with E-state index in [0.29, 0.717) is 10.7 Å². The predicted molar refractivity (Wildman–Crippen MR) is 87.8 cm³/mol. The summed E-state index contributed by atoms with van der Waals surface area (Å²) >= 11 is 5.44. The molecular formula is C17H18N2OS. The molecule has 1 aliphatic carbocycles. The van der Waals surface area contributed by atoms with Gasteiger partial charge in [0.2, 0.25) is 0 Å². The van der Waals surface area contributed by atoms with Gasteiger partial charge in [-0.25, -0.2) is 0 Å². The number of carbonyl (C=O) groups excluding carboxylic acids is 1. The third-order valence-corrected chi connectivity index (χ3v) is 4.23. The number of benzene rings is 1. The number of nitrogens with one attached hydrogen (secondary N) is 1. The van der Waals surface area contributed by atoms with Crippen LogP contribution in [0.2, 0.25) is 0 Å². The Kier molecular flexibility index (Phi) is 4.15.